The molecule has 0 aliphatic rings. The summed E-state index contributed by atoms with van der Waals surface area (Å²) in [5.74, 6) is -1.00. The third kappa shape index (κ3) is 4.47. The van der Waals surface area contributed by atoms with Crippen LogP contribution in [0.3, 0.4) is 0 Å². The molecular formula is C14H9F6NOS. The number of hydrogen-bond acceptors (Lipinski definition) is 2. The van der Waals surface area contributed by atoms with Crippen molar-refractivity contribution in [3.05, 3.63) is 57.3 Å². The molecule has 2 rings (SSSR count). The minimum absolute atomic E-state index is 0.0178. The second-order valence-electron chi connectivity index (χ2n) is 4.56. The Morgan fingerprint density at radius 1 is 1.00 bits per heavy atom. The van der Waals surface area contributed by atoms with Gasteiger partial charge in [0.05, 0.1) is 17.7 Å². The molecule has 0 bridgehead atoms. The Morgan fingerprint density at radius 3 is 2.00 bits per heavy atom. The minimum Gasteiger partial charge on any atom is -0.347 e. The number of halogens is 6. The molecule has 1 aromatic heterocycles. The molecule has 2 nitrogen and oxygen atoms in total. The average Bonchev–Trinajstić information content (AvgIpc) is 2.95. The van der Waals surface area contributed by atoms with Crippen molar-refractivity contribution >= 4 is 17.2 Å². The van der Waals surface area contributed by atoms with Gasteiger partial charge in [0.2, 0.25) is 0 Å². The van der Waals surface area contributed by atoms with Crippen LogP contribution in [0.2, 0.25) is 0 Å². The Balaban J connectivity index is 2.31. The SMILES string of the molecule is O=C(NCc1cccs1)c1cc(C(F)(F)F)cc(C(F)(F)F)c1. The van der Waals surface area contributed by atoms with Gasteiger partial charge >= 0.3 is 12.4 Å². The number of alkyl halides is 6. The number of amides is 1. The van der Waals surface area contributed by atoms with E-state index in [1.165, 1.54) is 11.3 Å². The van der Waals surface area contributed by atoms with Crippen molar-refractivity contribution in [2.45, 2.75) is 18.9 Å². The smallest absolute Gasteiger partial charge is 0.347 e. The summed E-state index contributed by atoms with van der Waals surface area (Å²) in [6, 6.07) is 4.17. The minimum atomic E-state index is -4.98. The highest BCUT2D eigenvalue weighted by molar-refractivity contribution is 7.09. The van der Waals surface area contributed by atoms with E-state index in [9.17, 15) is 31.1 Å². The highest BCUT2D eigenvalue weighted by Crippen LogP contribution is 2.36. The Labute approximate surface area is 130 Å². The first kappa shape index (κ1) is 17.3. The van der Waals surface area contributed by atoms with Gasteiger partial charge in [0.1, 0.15) is 0 Å². The molecule has 1 amide bonds. The lowest BCUT2D eigenvalue weighted by Crippen LogP contribution is -2.24. The molecule has 0 saturated heterocycles. The fourth-order valence-corrected chi connectivity index (χ4v) is 2.41. The van der Waals surface area contributed by atoms with Crippen LogP contribution in [0, 0.1) is 0 Å². The van der Waals surface area contributed by atoms with E-state index in [4.69, 9.17) is 0 Å². The molecule has 1 aromatic carbocycles. The number of thiophene rings is 1. The number of carbonyl (C=O) groups is 1. The van der Waals surface area contributed by atoms with Crippen molar-refractivity contribution in [3.63, 3.8) is 0 Å². The van der Waals surface area contributed by atoms with Crippen LogP contribution in [0.15, 0.2) is 35.7 Å². The number of rotatable bonds is 3. The fourth-order valence-electron chi connectivity index (χ4n) is 1.77. The zero-order valence-electron chi connectivity index (χ0n) is 11.3. The molecule has 9 heteroatoms. The molecular weight excluding hydrogens is 344 g/mol. The van der Waals surface area contributed by atoms with Gasteiger partial charge in [0.25, 0.3) is 5.91 Å². The van der Waals surface area contributed by atoms with Crippen LogP contribution in [0.4, 0.5) is 26.3 Å². The van der Waals surface area contributed by atoms with Gasteiger partial charge in [0, 0.05) is 10.4 Å². The van der Waals surface area contributed by atoms with Gasteiger partial charge in [-0.2, -0.15) is 26.3 Å². The van der Waals surface area contributed by atoms with E-state index in [1.807, 2.05) is 0 Å². The predicted octanol–water partition coefficient (Wildman–Crippen LogP) is 4.72. The van der Waals surface area contributed by atoms with Crippen LogP contribution in [0.5, 0.6) is 0 Å². The summed E-state index contributed by atoms with van der Waals surface area (Å²) in [5.41, 5.74) is -3.73. The maximum atomic E-state index is 12.7. The average molecular weight is 353 g/mol. The standard InChI is InChI=1S/C14H9F6NOS/c15-13(16,17)9-4-8(5-10(6-9)14(18,19)20)12(22)21-7-11-2-1-3-23-11/h1-6H,7H2,(H,21,22). The monoisotopic (exact) mass is 353 g/mol. The molecule has 1 heterocycles. The van der Waals surface area contributed by atoms with Crippen LogP contribution in [0.1, 0.15) is 26.4 Å². The van der Waals surface area contributed by atoms with E-state index < -0.39 is 35.0 Å². The molecule has 1 N–H and O–H groups in total. The lowest BCUT2D eigenvalue weighted by Gasteiger charge is -2.14. The van der Waals surface area contributed by atoms with E-state index >= 15 is 0 Å². The highest BCUT2D eigenvalue weighted by Gasteiger charge is 2.37. The van der Waals surface area contributed by atoms with Crippen molar-refractivity contribution in [1.82, 2.24) is 5.32 Å². The van der Waals surface area contributed by atoms with Crippen molar-refractivity contribution in [1.29, 1.82) is 0 Å². The van der Waals surface area contributed by atoms with Crippen LogP contribution < -0.4 is 5.32 Å². The highest BCUT2D eigenvalue weighted by atomic mass is 32.1. The molecule has 0 saturated carbocycles. The molecule has 23 heavy (non-hydrogen) atoms. The summed E-state index contributed by atoms with van der Waals surface area (Å²) in [7, 11) is 0. The van der Waals surface area contributed by atoms with Gasteiger partial charge in [-0.15, -0.1) is 11.3 Å². The van der Waals surface area contributed by atoms with E-state index in [0.29, 0.717) is 12.1 Å². The first-order valence-corrected chi connectivity index (χ1v) is 7.05. The van der Waals surface area contributed by atoms with Crippen LogP contribution in [-0.4, -0.2) is 5.91 Å². The van der Waals surface area contributed by atoms with Crippen molar-refractivity contribution in [2.24, 2.45) is 0 Å². The number of hydrogen-bond donors (Lipinski definition) is 1. The summed E-state index contributed by atoms with van der Waals surface area (Å²) in [5, 5.41) is 4.03. The number of nitrogens with one attached hydrogen (secondary N) is 1. The maximum absolute atomic E-state index is 12.7. The van der Waals surface area contributed by atoms with Gasteiger partial charge in [-0.05, 0) is 29.6 Å². The molecule has 0 radical (unpaired) electrons. The fraction of sp³-hybridized carbons (Fsp3) is 0.214. The lowest BCUT2D eigenvalue weighted by atomic mass is 10.0. The first-order valence-electron chi connectivity index (χ1n) is 6.17. The molecule has 0 fully saturated rings. The quantitative estimate of drug-likeness (QED) is 0.795. The van der Waals surface area contributed by atoms with Gasteiger partial charge in [0.15, 0.2) is 0 Å². The van der Waals surface area contributed by atoms with E-state index in [0.717, 1.165) is 4.88 Å². The summed E-state index contributed by atoms with van der Waals surface area (Å²) in [6.45, 7) is 0.0219. The summed E-state index contributed by atoms with van der Waals surface area (Å²) in [6.07, 6.45) is -9.96. The normalized spacial score (nSPS) is 12.3. The molecule has 0 spiro atoms. The zero-order chi connectivity index (χ0) is 17.3. The molecule has 0 unspecified atom stereocenters. The third-order valence-electron chi connectivity index (χ3n) is 2.85. The molecule has 2 aromatic rings. The Kier molecular flexibility index (Phi) is 4.69. The van der Waals surface area contributed by atoms with Crippen LogP contribution in [0.25, 0.3) is 0 Å². The lowest BCUT2D eigenvalue weighted by molar-refractivity contribution is -0.143. The van der Waals surface area contributed by atoms with Gasteiger partial charge < -0.3 is 5.32 Å². The first-order chi connectivity index (χ1) is 10.6. The summed E-state index contributed by atoms with van der Waals surface area (Å²) in [4.78, 5) is 12.6. The van der Waals surface area contributed by atoms with Gasteiger partial charge in [-0.3, -0.25) is 4.79 Å². The summed E-state index contributed by atoms with van der Waals surface area (Å²) >= 11 is 1.30. The van der Waals surface area contributed by atoms with Crippen molar-refractivity contribution in [3.8, 4) is 0 Å². The van der Waals surface area contributed by atoms with E-state index in [2.05, 4.69) is 5.32 Å². The third-order valence-corrected chi connectivity index (χ3v) is 3.73. The summed E-state index contributed by atoms with van der Waals surface area (Å²) < 4.78 is 76.3. The second kappa shape index (κ2) is 6.23. The molecule has 0 aliphatic carbocycles. The largest absolute Gasteiger partial charge is 0.416 e. The van der Waals surface area contributed by atoms with Crippen molar-refractivity contribution in [2.75, 3.05) is 0 Å². The molecule has 124 valence electrons. The maximum Gasteiger partial charge on any atom is 0.416 e. The Bertz CT molecular complexity index is 658. The zero-order valence-corrected chi connectivity index (χ0v) is 12.1. The Morgan fingerprint density at radius 2 is 1.57 bits per heavy atom. The van der Waals surface area contributed by atoms with Crippen LogP contribution in [-0.2, 0) is 18.9 Å². The van der Waals surface area contributed by atoms with E-state index in [1.54, 1.807) is 17.5 Å². The topological polar surface area (TPSA) is 29.1 Å². The number of carbonyl (C=O) groups excluding carboxylic acids is 1. The van der Waals surface area contributed by atoms with Gasteiger partial charge in [-0.25, -0.2) is 0 Å². The van der Waals surface area contributed by atoms with Crippen LogP contribution >= 0.6 is 11.3 Å². The van der Waals surface area contributed by atoms with Gasteiger partial charge in [-0.1, -0.05) is 6.07 Å². The predicted molar refractivity (Wildman–Crippen MR) is 71.9 cm³/mol. The second-order valence-corrected chi connectivity index (χ2v) is 5.59. The number of benzene rings is 1. The molecule has 0 atom stereocenters. The molecule has 0 aliphatic heterocycles. The van der Waals surface area contributed by atoms with Crippen molar-refractivity contribution < 1.29 is 31.1 Å². The van der Waals surface area contributed by atoms with E-state index in [-0.39, 0.29) is 12.6 Å². The Hall–Kier alpha value is -2.03.